The largest absolute Gasteiger partial charge is 0.473 e. The number of hydrogen-bond acceptors (Lipinski definition) is 6. The Kier molecular flexibility index (Phi) is 3.74. The molecule has 24 heavy (non-hydrogen) atoms. The highest BCUT2D eigenvalue weighted by Gasteiger charge is 2.42. The third-order valence-corrected chi connectivity index (χ3v) is 4.44. The van der Waals surface area contributed by atoms with Crippen molar-refractivity contribution in [2.24, 2.45) is 4.99 Å². The summed E-state index contributed by atoms with van der Waals surface area (Å²) in [6.45, 7) is 2.65. The van der Waals surface area contributed by atoms with Gasteiger partial charge in [-0.3, -0.25) is 4.90 Å². The molecule has 0 bridgehead atoms. The molecule has 7 nitrogen and oxygen atoms in total. The zero-order valence-electron chi connectivity index (χ0n) is 13.4. The number of ether oxygens (including phenoxy) is 2. The molecule has 7 heteroatoms. The van der Waals surface area contributed by atoms with Gasteiger partial charge in [0.25, 0.3) is 0 Å². The first kappa shape index (κ1) is 15.2. The van der Waals surface area contributed by atoms with Crippen LogP contribution in [0.15, 0.2) is 35.6 Å². The Morgan fingerprint density at radius 3 is 3.21 bits per heavy atom. The minimum Gasteiger partial charge on any atom is -0.473 e. The Bertz CT molecular complexity index is 731. The summed E-state index contributed by atoms with van der Waals surface area (Å²) in [5.41, 5.74) is 1.50. The number of fused-ring (bicyclic) bond motifs is 3. The Labute approximate surface area is 139 Å². The second-order valence-electron chi connectivity index (χ2n) is 6.02. The number of carbonyl (C=O) groups is 1. The number of nitrogens with zero attached hydrogens (tertiary/aromatic N) is 3. The molecule has 3 aliphatic rings. The van der Waals surface area contributed by atoms with Gasteiger partial charge in [0.15, 0.2) is 12.8 Å². The molecule has 4 rings (SSSR count). The van der Waals surface area contributed by atoms with Crippen molar-refractivity contribution in [3.63, 3.8) is 0 Å². The van der Waals surface area contributed by atoms with E-state index in [9.17, 15) is 9.90 Å². The van der Waals surface area contributed by atoms with Gasteiger partial charge in [-0.15, -0.1) is 0 Å². The van der Waals surface area contributed by atoms with Gasteiger partial charge in [0, 0.05) is 6.07 Å². The predicted molar refractivity (Wildman–Crippen MR) is 88.8 cm³/mol. The number of cyclic esters (lactones) is 1. The highest BCUT2D eigenvalue weighted by atomic mass is 16.6. The van der Waals surface area contributed by atoms with Crippen LogP contribution in [0.25, 0.3) is 0 Å². The fourth-order valence-corrected chi connectivity index (χ4v) is 3.22. The van der Waals surface area contributed by atoms with Gasteiger partial charge in [0.05, 0.1) is 24.5 Å². The summed E-state index contributed by atoms with van der Waals surface area (Å²) in [4.78, 5) is 20.0. The maximum absolute atomic E-state index is 12.3. The van der Waals surface area contributed by atoms with Crippen LogP contribution in [0.5, 0.6) is 5.75 Å². The van der Waals surface area contributed by atoms with Crippen LogP contribution in [0, 0.1) is 0 Å². The van der Waals surface area contributed by atoms with Crippen molar-refractivity contribution < 1.29 is 19.4 Å². The Hall–Kier alpha value is -2.38. The van der Waals surface area contributed by atoms with E-state index < -0.39 is 18.3 Å². The van der Waals surface area contributed by atoms with Crippen LogP contribution in [0.1, 0.15) is 19.8 Å². The van der Waals surface area contributed by atoms with Crippen LogP contribution < -0.4 is 14.5 Å². The Morgan fingerprint density at radius 2 is 2.38 bits per heavy atom. The second kappa shape index (κ2) is 5.92. The smallest absolute Gasteiger partial charge is 0.414 e. The minimum atomic E-state index is -0.648. The monoisotopic (exact) mass is 329 g/mol. The average molecular weight is 329 g/mol. The van der Waals surface area contributed by atoms with Crippen molar-refractivity contribution in [3.05, 3.63) is 30.6 Å². The maximum atomic E-state index is 12.3. The number of para-hydroxylation sites is 1. The summed E-state index contributed by atoms with van der Waals surface area (Å²) in [6.07, 6.45) is 3.42. The lowest BCUT2D eigenvalue weighted by Crippen LogP contribution is -2.35. The normalized spacial score (nSPS) is 23.4. The zero-order valence-corrected chi connectivity index (χ0v) is 13.4. The highest BCUT2D eigenvalue weighted by Crippen LogP contribution is 2.42. The number of hydrogen-bond donors (Lipinski definition) is 1. The standard InChI is InChI=1S/C17H19N3O4/c1-2-4-13(21)14-9-20(17(22)24-14)12-6-3-5-11-16(12)23-10-15-18-7-8-19(11)15/h3,5-8,13-14,21H,2,4,9-10H2,1H3/q+1/t13?,14-/m1/s1. The molecule has 3 heterocycles. The summed E-state index contributed by atoms with van der Waals surface area (Å²) in [6, 6.07) is 5.63. The fraction of sp³-hybridized carbons (Fsp3) is 0.412. The van der Waals surface area contributed by atoms with Gasteiger partial charge in [-0.25, -0.2) is 4.79 Å². The summed E-state index contributed by atoms with van der Waals surface area (Å²) in [5, 5.41) is 10.1. The number of amidine groups is 1. The molecule has 0 aromatic heterocycles. The predicted octanol–water partition coefficient (Wildman–Crippen LogP) is 2.22. The van der Waals surface area contributed by atoms with Gasteiger partial charge >= 0.3 is 11.9 Å². The molecule has 1 unspecified atom stereocenters. The molecule has 1 aromatic rings. The van der Waals surface area contributed by atoms with Gasteiger partial charge in [-0.2, -0.15) is 4.99 Å². The van der Waals surface area contributed by atoms with E-state index in [1.165, 1.54) is 4.90 Å². The number of aliphatic hydroxyl groups is 1. The lowest BCUT2D eigenvalue weighted by atomic mass is 10.1. The first-order valence-corrected chi connectivity index (χ1v) is 8.13. The molecule has 1 amide bonds. The first-order valence-electron chi connectivity index (χ1n) is 8.13. The van der Waals surface area contributed by atoms with Crippen molar-refractivity contribution in [1.82, 2.24) is 4.90 Å². The lowest BCUT2D eigenvalue weighted by Gasteiger charge is -2.22. The molecular formula is C17H19N3O4+. The Morgan fingerprint density at radius 1 is 1.50 bits per heavy atom. The van der Waals surface area contributed by atoms with Crippen molar-refractivity contribution in [3.8, 4) is 5.75 Å². The molecule has 0 aliphatic carbocycles. The number of rotatable bonds is 4. The number of carbonyl (C=O) groups excluding carboxylic acids is 1. The molecule has 1 aromatic carbocycles. The van der Waals surface area contributed by atoms with Crippen LogP contribution in [0.2, 0.25) is 0 Å². The Balaban J connectivity index is 1.64. The number of aliphatic hydroxyl groups excluding tert-OH is 1. The van der Waals surface area contributed by atoms with Crippen LogP contribution in [0.3, 0.4) is 0 Å². The number of amides is 1. The van der Waals surface area contributed by atoms with Crippen molar-refractivity contribution >= 4 is 23.3 Å². The lowest BCUT2D eigenvalue weighted by molar-refractivity contribution is 0.0276. The van der Waals surface area contributed by atoms with Gasteiger partial charge < -0.3 is 14.6 Å². The van der Waals surface area contributed by atoms with E-state index in [-0.39, 0.29) is 0 Å². The number of anilines is 2. The number of benzene rings is 1. The van der Waals surface area contributed by atoms with E-state index in [2.05, 4.69) is 4.99 Å². The van der Waals surface area contributed by atoms with Gasteiger partial charge in [0.1, 0.15) is 6.10 Å². The molecule has 1 fully saturated rings. The topological polar surface area (TPSA) is 77.3 Å². The van der Waals surface area contributed by atoms with E-state index in [4.69, 9.17) is 9.47 Å². The molecular weight excluding hydrogens is 310 g/mol. The first-order chi connectivity index (χ1) is 11.7. The summed E-state index contributed by atoms with van der Waals surface area (Å²) < 4.78 is 11.2. The van der Waals surface area contributed by atoms with Crippen molar-refractivity contribution in [1.29, 1.82) is 0 Å². The molecule has 1 saturated heterocycles. The third-order valence-electron chi connectivity index (χ3n) is 4.44. The molecule has 3 aliphatic heterocycles. The molecule has 125 valence electrons. The van der Waals surface area contributed by atoms with Crippen LogP contribution in [0.4, 0.5) is 16.2 Å². The fourth-order valence-electron chi connectivity index (χ4n) is 3.22. The SMILES string of the molecule is CCCC(O)[C@H]1CN(c2cccc3c2OCC2=NC=C[N+]23)C(=O)O1. The molecule has 1 radical (unpaired) electrons. The molecule has 2 atom stereocenters. The number of aliphatic imine (C=N–C) groups is 1. The molecule has 0 saturated carbocycles. The van der Waals surface area contributed by atoms with Gasteiger partial charge in [0.2, 0.25) is 11.4 Å². The van der Waals surface area contributed by atoms with E-state index in [0.717, 1.165) is 17.9 Å². The molecule has 0 spiro atoms. The van der Waals surface area contributed by atoms with E-state index in [1.54, 1.807) is 6.20 Å². The van der Waals surface area contributed by atoms with Crippen LogP contribution in [-0.4, -0.2) is 42.4 Å². The molecule has 1 N–H and O–H groups in total. The van der Waals surface area contributed by atoms with E-state index >= 15 is 0 Å². The quantitative estimate of drug-likeness (QED) is 0.859. The zero-order chi connectivity index (χ0) is 16.7. The summed E-state index contributed by atoms with van der Waals surface area (Å²) in [5.74, 6) is 1.45. The van der Waals surface area contributed by atoms with E-state index in [0.29, 0.717) is 31.0 Å². The van der Waals surface area contributed by atoms with Gasteiger partial charge in [-0.1, -0.05) is 19.4 Å². The van der Waals surface area contributed by atoms with Crippen LogP contribution in [-0.2, 0) is 4.74 Å². The highest BCUT2D eigenvalue weighted by molar-refractivity contribution is 6.00. The van der Waals surface area contributed by atoms with Gasteiger partial charge in [-0.05, 0) is 17.4 Å². The average Bonchev–Trinajstić information content (AvgIpc) is 3.21. The third kappa shape index (κ3) is 2.37. The van der Waals surface area contributed by atoms with E-state index in [1.807, 2.05) is 36.2 Å². The second-order valence-corrected chi connectivity index (χ2v) is 6.02. The van der Waals surface area contributed by atoms with Crippen molar-refractivity contribution in [2.45, 2.75) is 32.0 Å². The summed E-state index contributed by atoms with van der Waals surface area (Å²) in [7, 11) is 0. The van der Waals surface area contributed by atoms with Crippen LogP contribution >= 0.6 is 0 Å². The summed E-state index contributed by atoms with van der Waals surface area (Å²) >= 11 is 0. The minimum absolute atomic E-state index is 0.316. The van der Waals surface area contributed by atoms with Crippen molar-refractivity contribution in [2.75, 3.05) is 18.1 Å². The maximum Gasteiger partial charge on any atom is 0.414 e.